The van der Waals surface area contributed by atoms with Gasteiger partial charge in [-0.1, -0.05) is 26.7 Å². The van der Waals surface area contributed by atoms with Gasteiger partial charge in [0.2, 0.25) is 15.9 Å². The summed E-state index contributed by atoms with van der Waals surface area (Å²) < 4.78 is 25.8. The highest BCUT2D eigenvalue weighted by atomic mass is 32.2. The maximum atomic E-state index is 12.1. The van der Waals surface area contributed by atoms with E-state index in [1.807, 2.05) is 6.92 Å². The Labute approximate surface area is 133 Å². The Kier molecular flexibility index (Phi) is 8.66. The summed E-state index contributed by atoms with van der Waals surface area (Å²) in [5.41, 5.74) is 0. The number of amides is 1. The summed E-state index contributed by atoms with van der Waals surface area (Å²) >= 11 is 1.78. The molecule has 21 heavy (non-hydrogen) atoms. The zero-order valence-corrected chi connectivity index (χ0v) is 14.8. The number of rotatable bonds is 9. The van der Waals surface area contributed by atoms with Crippen molar-refractivity contribution in [3.8, 4) is 0 Å². The topological polar surface area (TPSA) is 66.5 Å². The smallest absolute Gasteiger partial charge is 0.223 e. The number of unbranched alkanes of at least 4 members (excludes halogenated alkanes) is 1. The molecule has 0 aromatic rings. The lowest BCUT2D eigenvalue weighted by molar-refractivity contribution is -0.125. The highest BCUT2D eigenvalue weighted by Gasteiger charge is 2.24. The molecule has 1 aliphatic heterocycles. The largest absolute Gasteiger partial charge is 0.355 e. The zero-order valence-electron chi connectivity index (χ0n) is 13.1. The van der Waals surface area contributed by atoms with E-state index < -0.39 is 10.0 Å². The van der Waals surface area contributed by atoms with Gasteiger partial charge in [-0.05, 0) is 12.8 Å². The number of sulfonamides is 1. The minimum atomic E-state index is -3.22. The van der Waals surface area contributed by atoms with Gasteiger partial charge in [-0.2, -0.15) is 11.8 Å². The number of hydrogen-bond acceptors (Lipinski definition) is 4. The Morgan fingerprint density at radius 2 is 1.95 bits per heavy atom. The number of carbonyl (C=O) groups excluding carboxylic acids is 1. The molecule has 0 bridgehead atoms. The van der Waals surface area contributed by atoms with Crippen LogP contribution in [-0.4, -0.2) is 55.5 Å². The van der Waals surface area contributed by atoms with E-state index in [9.17, 15) is 13.2 Å². The summed E-state index contributed by atoms with van der Waals surface area (Å²) in [5, 5.41) is 2.79. The molecule has 124 valence electrons. The summed E-state index contributed by atoms with van der Waals surface area (Å²) in [6.45, 7) is 5.51. The first-order valence-corrected chi connectivity index (χ1v) is 10.6. The average molecular weight is 337 g/mol. The van der Waals surface area contributed by atoms with Crippen LogP contribution in [0.1, 0.15) is 39.5 Å². The Morgan fingerprint density at radius 1 is 1.29 bits per heavy atom. The third kappa shape index (κ3) is 6.57. The first-order valence-electron chi connectivity index (χ1n) is 7.84. The summed E-state index contributed by atoms with van der Waals surface area (Å²) in [4.78, 5) is 12.0. The molecule has 1 saturated heterocycles. The molecular weight excluding hydrogens is 308 g/mol. The number of nitrogens with one attached hydrogen (secondary N) is 1. The number of hydrogen-bond donors (Lipinski definition) is 1. The third-order valence-electron chi connectivity index (χ3n) is 3.79. The molecule has 7 heteroatoms. The third-order valence-corrected chi connectivity index (χ3v) is 6.61. The van der Waals surface area contributed by atoms with Crippen molar-refractivity contribution in [1.82, 2.24) is 9.62 Å². The van der Waals surface area contributed by atoms with Crippen LogP contribution in [0.5, 0.6) is 0 Å². The van der Waals surface area contributed by atoms with Crippen LogP contribution in [0.2, 0.25) is 0 Å². The van der Waals surface area contributed by atoms with Gasteiger partial charge in [-0.3, -0.25) is 4.79 Å². The Hall–Kier alpha value is -0.270. The SMILES string of the molecule is CCCCC(CC)C(=O)NCCS(=O)(=O)N1CCSCC1. The Morgan fingerprint density at radius 3 is 2.52 bits per heavy atom. The first kappa shape index (κ1) is 18.8. The van der Waals surface area contributed by atoms with Crippen LogP contribution in [0.15, 0.2) is 0 Å². The second kappa shape index (κ2) is 9.69. The van der Waals surface area contributed by atoms with Crippen molar-refractivity contribution in [2.45, 2.75) is 39.5 Å². The van der Waals surface area contributed by atoms with Gasteiger partial charge in [0, 0.05) is 37.1 Å². The minimum absolute atomic E-state index is 0.00431. The van der Waals surface area contributed by atoms with E-state index in [1.54, 1.807) is 16.1 Å². The van der Waals surface area contributed by atoms with Crippen molar-refractivity contribution in [3.05, 3.63) is 0 Å². The fraction of sp³-hybridized carbons (Fsp3) is 0.929. The average Bonchev–Trinajstić information content (AvgIpc) is 2.49. The minimum Gasteiger partial charge on any atom is -0.355 e. The number of nitrogens with zero attached hydrogens (tertiary/aromatic N) is 1. The van der Waals surface area contributed by atoms with Crippen molar-refractivity contribution in [2.24, 2.45) is 5.92 Å². The second-order valence-electron chi connectivity index (χ2n) is 5.37. The van der Waals surface area contributed by atoms with Crippen molar-refractivity contribution in [1.29, 1.82) is 0 Å². The zero-order chi connectivity index (χ0) is 15.7. The monoisotopic (exact) mass is 336 g/mol. The van der Waals surface area contributed by atoms with E-state index in [0.717, 1.165) is 37.2 Å². The van der Waals surface area contributed by atoms with Crippen molar-refractivity contribution in [2.75, 3.05) is 36.9 Å². The molecule has 1 unspecified atom stereocenters. The van der Waals surface area contributed by atoms with Crippen molar-refractivity contribution in [3.63, 3.8) is 0 Å². The predicted molar refractivity (Wildman–Crippen MR) is 89.0 cm³/mol. The number of carbonyl (C=O) groups is 1. The van der Waals surface area contributed by atoms with E-state index in [1.165, 1.54) is 0 Å². The van der Waals surface area contributed by atoms with Gasteiger partial charge in [-0.25, -0.2) is 12.7 Å². The Bertz CT molecular complexity index is 406. The molecule has 0 aliphatic carbocycles. The lowest BCUT2D eigenvalue weighted by atomic mass is 9.98. The standard InChI is InChI=1S/C14H28N2O3S2/c1-3-5-6-13(4-2)14(17)15-7-12-21(18,19)16-8-10-20-11-9-16/h13H,3-12H2,1-2H3,(H,15,17). The first-order chi connectivity index (χ1) is 10.0. The summed E-state index contributed by atoms with van der Waals surface area (Å²) in [5.74, 6) is 1.74. The van der Waals surface area contributed by atoms with E-state index in [-0.39, 0.29) is 24.1 Å². The summed E-state index contributed by atoms with van der Waals surface area (Å²) in [7, 11) is -3.22. The number of thioether (sulfide) groups is 1. The van der Waals surface area contributed by atoms with Crippen LogP contribution >= 0.6 is 11.8 Å². The van der Waals surface area contributed by atoms with Gasteiger partial charge in [0.15, 0.2) is 0 Å². The lowest BCUT2D eigenvalue weighted by Gasteiger charge is -2.25. The maximum Gasteiger partial charge on any atom is 0.223 e. The maximum absolute atomic E-state index is 12.1. The molecule has 1 aliphatic rings. The van der Waals surface area contributed by atoms with Gasteiger partial charge < -0.3 is 5.32 Å². The highest BCUT2D eigenvalue weighted by molar-refractivity contribution is 7.99. The van der Waals surface area contributed by atoms with Gasteiger partial charge in [0.05, 0.1) is 5.75 Å². The molecule has 1 N–H and O–H groups in total. The molecule has 1 atom stereocenters. The molecule has 0 aromatic carbocycles. The molecule has 0 aromatic heterocycles. The van der Waals surface area contributed by atoms with Crippen molar-refractivity contribution < 1.29 is 13.2 Å². The molecule has 0 spiro atoms. The molecule has 5 nitrogen and oxygen atoms in total. The summed E-state index contributed by atoms with van der Waals surface area (Å²) in [6.07, 6.45) is 3.80. The van der Waals surface area contributed by atoms with Crippen molar-refractivity contribution >= 4 is 27.7 Å². The van der Waals surface area contributed by atoms with E-state index in [4.69, 9.17) is 0 Å². The molecule has 1 amide bonds. The lowest BCUT2D eigenvalue weighted by Crippen LogP contribution is -2.42. The molecule has 1 rings (SSSR count). The molecule has 1 heterocycles. The van der Waals surface area contributed by atoms with E-state index in [2.05, 4.69) is 12.2 Å². The van der Waals surface area contributed by atoms with Crippen LogP contribution in [0, 0.1) is 5.92 Å². The van der Waals surface area contributed by atoms with Gasteiger partial charge in [-0.15, -0.1) is 0 Å². The predicted octanol–water partition coefficient (Wildman–Crippen LogP) is 1.70. The van der Waals surface area contributed by atoms with E-state index in [0.29, 0.717) is 13.1 Å². The molecule has 0 saturated carbocycles. The Balaban J connectivity index is 2.35. The quantitative estimate of drug-likeness (QED) is 0.696. The van der Waals surface area contributed by atoms with Crippen LogP contribution in [-0.2, 0) is 14.8 Å². The van der Waals surface area contributed by atoms with E-state index >= 15 is 0 Å². The highest BCUT2D eigenvalue weighted by Crippen LogP contribution is 2.14. The van der Waals surface area contributed by atoms with Gasteiger partial charge in [0.1, 0.15) is 0 Å². The van der Waals surface area contributed by atoms with Gasteiger partial charge in [0.25, 0.3) is 0 Å². The van der Waals surface area contributed by atoms with Crippen LogP contribution in [0.25, 0.3) is 0 Å². The molecular formula is C14H28N2O3S2. The van der Waals surface area contributed by atoms with Crippen LogP contribution in [0.4, 0.5) is 0 Å². The van der Waals surface area contributed by atoms with Gasteiger partial charge >= 0.3 is 0 Å². The van der Waals surface area contributed by atoms with Crippen LogP contribution in [0.3, 0.4) is 0 Å². The van der Waals surface area contributed by atoms with Crippen LogP contribution < -0.4 is 5.32 Å². The fourth-order valence-corrected chi connectivity index (χ4v) is 4.86. The second-order valence-corrected chi connectivity index (χ2v) is 8.68. The fourth-order valence-electron chi connectivity index (χ4n) is 2.37. The molecule has 0 radical (unpaired) electrons. The molecule has 1 fully saturated rings. The summed E-state index contributed by atoms with van der Waals surface area (Å²) in [6, 6.07) is 0. The normalized spacial score (nSPS) is 18.4.